The third kappa shape index (κ3) is 3.75. The summed E-state index contributed by atoms with van der Waals surface area (Å²) in [5.41, 5.74) is 0.909. The van der Waals surface area contributed by atoms with E-state index in [-0.39, 0.29) is 5.91 Å². The van der Waals surface area contributed by atoms with Crippen LogP contribution in [0.15, 0.2) is 29.2 Å². The summed E-state index contributed by atoms with van der Waals surface area (Å²) >= 11 is 5.56. The summed E-state index contributed by atoms with van der Waals surface area (Å²) in [6.45, 7) is 3.35. The molecule has 2 rings (SSSR count). The molecular formula is C14H19ClN2O3S. The van der Waals surface area contributed by atoms with E-state index in [9.17, 15) is 13.2 Å². The molecule has 1 aromatic rings. The second-order valence-electron chi connectivity index (χ2n) is 5.04. The lowest BCUT2D eigenvalue weighted by Crippen LogP contribution is -2.50. The van der Waals surface area contributed by atoms with Crippen LogP contribution >= 0.6 is 11.6 Å². The summed E-state index contributed by atoms with van der Waals surface area (Å²) in [6, 6.07) is 6.87. The SMILES string of the molecule is Cc1cccc(S(=O)(=O)N2CCN(C(=O)CCCl)CC2)c1. The minimum atomic E-state index is -3.48. The van der Waals surface area contributed by atoms with Crippen molar-refractivity contribution in [2.45, 2.75) is 18.2 Å². The predicted octanol–water partition coefficient (Wildman–Crippen LogP) is 1.46. The Kier molecular flexibility index (Phi) is 5.24. The summed E-state index contributed by atoms with van der Waals surface area (Å²) in [5, 5.41) is 0. The Labute approximate surface area is 130 Å². The summed E-state index contributed by atoms with van der Waals surface area (Å²) < 4.78 is 26.5. The number of alkyl halides is 1. The molecule has 0 atom stereocenters. The maximum Gasteiger partial charge on any atom is 0.243 e. The molecule has 5 nitrogen and oxygen atoms in total. The normalized spacial score (nSPS) is 17.0. The van der Waals surface area contributed by atoms with Gasteiger partial charge in [-0.3, -0.25) is 4.79 Å². The van der Waals surface area contributed by atoms with Gasteiger partial charge in [-0.15, -0.1) is 11.6 Å². The molecule has 0 radical (unpaired) electrons. The molecule has 1 aromatic carbocycles. The van der Waals surface area contributed by atoms with Crippen LogP contribution in [0.2, 0.25) is 0 Å². The van der Waals surface area contributed by atoms with Gasteiger partial charge in [0.25, 0.3) is 0 Å². The molecule has 0 unspecified atom stereocenters. The van der Waals surface area contributed by atoms with Gasteiger partial charge in [-0.05, 0) is 24.6 Å². The highest BCUT2D eigenvalue weighted by atomic mass is 35.5. The zero-order chi connectivity index (χ0) is 15.5. The van der Waals surface area contributed by atoms with E-state index >= 15 is 0 Å². The van der Waals surface area contributed by atoms with Crippen molar-refractivity contribution >= 4 is 27.5 Å². The van der Waals surface area contributed by atoms with Gasteiger partial charge in [0, 0.05) is 38.5 Å². The fourth-order valence-corrected chi connectivity index (χ4v) is 4.03. The predicted molar refractivity (Wildman–Crippen MR) is 81.9 cm³/mol. The molecule has 1 saturated heterocycles. The van der Waals surface area contributed by atoms with Gasteiger partial charge in [-0.25, -0.2) is 8.42 Å². The van der Waals surface area contributed by atoms with Crippen LogP contribution in [-0.2, 0) is 14.8 Å². The molecule has 1 amide bonds. The molecule has 7 heteroatoms. The van der Waals surface area contributed by atoms with Gasteiger partial charge in [0.2, 0.25) is 15.9 Å². The number of carbonyl (C=O) groups is 1. The highest BCUT2D eigenvalue weighted by Gasteiger charge is 2.29. The number of aryl methyl sites for hydroxylation is 1. The van der Waals surface area contributed by atoms with Gasteiger partial charge in [0.15, 0.2) is 0 Å². The maximum atomic E-state index is 12.5. The van der Waals surface area contributed by atoms with Crippen molar-refractivity contribution < 1.29 is 13.2 Å². The van der Waals surface area contributed by atoms with Gasteiger partial charge in [0.1, 0.15) is 0 Å². The summed E-state index contributed by atoms with van der Waals surface area (Å²) in [6.07, 6.45) is 0.298. The van der Waals surface area contributed by atoms with E-state index in [2.05, 4.69) is 0 Å². The number of sulfonamides is 1. The second-order valence-corrected chi connectivity index (χ2v) is 7.36. The summed E-state index contributed by atoms with van der Waals surface area (Å²) in [5.74, 6) is 0.276. The Hall–Kier alpha value is -1.11. The minimum absolute atomic E-state index is 0.0161. The van der Waals surface area contributed by atoms with Gasteiger partial charge in [-0.2, -0.15) is 4.31 Å². The second kappa shape index (κ2) is 6.77. The molecule has 1 aliphatic heterocycles. The zero-order valence-electron chi connectivity index (χ0n) is 12.0. The fraction of sp³-hybridized carbons (Fsp3) is 0.500. The molecule has 1 heterocycles. The molecule has 0 spiro atoms. The first kappa shape index (κ1) is 16.3. The standard InChI is InChI=1S/C14H19ClN2O3S/c1-12-3-2-4-13(11-12)21(19,20)17-9-7-16(8-10-17)14(18)5-6-15/h2-4,11H,5-10H2,1H3. The number of hydrogen-bond donors (Lipinski definition) is 0. The quantitative estimate of drug-likeness (QED) is 0.785. The first-order chi connectivity index (χ1) is 9.95. The van der Waals surface area contributed by atoms with E-state index < -0.39 is 10.0 Å². The van der Waals surface area contributed by atoms with Gasteiger partial charge < -0.3 is 4.90 Å². The van der Waals surface area contributed by atoms with E-state index in [1.807, 2.05) is 13.0 Å². The van der Waals surface area contributed by atoms with Gasteiger partial charge in [-0.1, -0.05) is 12.1 Å². The van der Waals surface area contributed by atoms with Crippen LogP contribution in [0.3, 0.4) is 0 Å². The molecule has 116 valence electrons. The van der Waals surface area contributed by atoms with Crippen LogP contribution in [0.5, 0.6) is 0 Å². The lowest BCUT2D eigenvalue weighted by atomic mass is 10.2. The number of nitrogens with zero attached hydrogens (tertiary/aromatic N) is 2. The Morgan fingerprint density at radius 2 is 1.90 bits per heavy atom. The molecule has 0 aliphatic carbocycles. The average molecular weight is 331 g/mol. The van der Waals surface area contributed by atoms with Crippen LogP contribution in [0.1, 0.15) is 12.0 Å². The fourth-order valence-electron chi connectivity index (χ4n) is 2.34. The molecule has 1 aliphatic rings. The molecular weight excluding hydrogens is 312 g/mol. The van der Waals surface area contributed by atoms with Crippen LogP contribution in [0, 0.1) is 6.92 Å². The maximum absolute atomic E-state index is 12.5. The van der Waals surface area contributed by atoms with E-state index in [0.29, 0.717) is 43.4 Å². The van der Waals surface area contributed by atoms with E-state index in [1.165, 1.54) is 4.31 Å². The molecule has 21 heavy (non-hydrogen) atoms. The highest BCUT2D eigenvalue weighted by Crippen LogP contribution is 2.18. The Balaban J connectivity index is 2.06. The Morgan fingerprint density at radius 3 is 2.48 bits per heavy atom. The smallest absolute Gasteiger partial charge is 0.243 e. The number of piperazine rings is 1. The topological polar surface area (TPSA) is 57.7 Å². The molecule has 1 fully saturated rings. The van der Waals surface area contributed by atoms with Crippen molar-refractivity contribution in [2.24, 2.45) is 0 Å². The first-order valence-electron chi connectivity index (χ1n) is 6.85. The molecule has 0 aromatic heterocycles. The summed E-state index contributed by atoms with van der Waals surface area (Å²) in [7, 11) is -3.48. The number of amides is 1. The van der Waals surface area contributed by atoms with Crippen LogP contribution in [-0.4, -0.2) is 55.6 Å². The van der Waals surface area contributed by atoms with Crippen LogP contribution in [0.4, 0.5) is 0 Å². The lowest BCUT2D eigenvalue weighted by molar-refractivity contribution is -0.131. The van der Waals surface area contributed by atoms with E-state index in [1.54, 1.807) is 23.1 Å². The number of carbonyl (C=O) groups excluding carboxylic acids is 1. The number of halogens is 1. The zero-order valence-corrected chi connectivity index (χ0v) is 13.5. The molecule has 0 bridgehead atoms. The van der Waals surface area contributed by atoms with Gasteiger partial charge >= 0.3 is 0 Å². The Morgan fingerprint density at radius 1 is 1.24 bits per heavy atom. The Bertz CT molecular complexity index is 610. The van der Waals surface area contributed by atoms with Crippen molar-refractivity contribution in [3.05, 3.63) is 29.8 Å². The van der Waals surface area contributed by atoms with Gasteiger partial charge in [0.05, 0.1) is 4.90 Å². The van der Waals surface area contributed by atoms with Crippen molar-refractivity contribution in [3.63, 3.8) is 0 Å². The largest absolute Gasteiger partial charge is 0.340 e. The molecule has 0 saturated carbocycles. The monoisotopic (exact) mass is 330 g/mol. The van der Waals surface area contributed by atoms with Crippen LogP contribution in [0.25, 0.3) is 0 Å². The van der Waals surface area contributed by atoms with Crippen molar-refractivity contribution in [1.29, 1.82) is 0 Å². The minimum Gasteiger partial charge on any atom is -0.340 e. The third-order valence-electron chi connectivity index (χ3n) is 3.53. The van der Waals surface area contributed by atoms with Crippen molar-refractivity contribution in [2.75, 3.05) is 32.1 Å². The van der Waals surface area contributed by atoms with E-state index in [0.717, 1.165) is 5.56 Å². The van der Waals surface area contributed by atoms with E-state index in [4.69, 9.17) is 11.6 Å². The highest BCUT2D eigenvalue weighted by molar-refractivity contribution is 7.89. The van der Waals surface area contributed by atoms with Crippen molar-refractivity contribution in [3.8, 4) is 0 Å². The third-order valence-corrected chi connectivity index (χ3v) is 5.61. The van der Waals surface area contributed by atoms with Crippen molar-refractivity contribution in [1.82, 2.24) is 9.21 Å². The number of hydrogen-bond acceptors (Lipinski definition) is 3. The summed E-state index contributed by atoms with van der Waals surface area (Å²) in [4.78, 5) is 13.7. The van der Waals surface area contributed by atoms with Crippen LogP contribution < -0.4 is 0 Å². The first-order valence-corrected chi connectivity index (χ1v) is 8.83. The number of rotatable bonds is 4. The molecule has 0 N–H and O–H groups in total. The average Bonchev–Trinajstić information content (AvgIpc) is 2.47. The lowest BCUT2D eigenvalue weighted by Gasteiger charge is -2.34. The number of benzene rings is 1.